The molecule has 7 nitrogen and oxygen atoms in total. The Balaban J connectivity index is 2.13. The fourth-order valence-corrected chi connectivity index (χ4v) is 3.31. The maximum atomic E-state index is 12.3. The molecule has 122 valence electrons. The Morgan fingerprint density at radius 1 is 1.39 bits per heavy atom. The number of rotatable bonds is 4. The molecule has 0 bridgehead atoms. The van der Waals surface area contributed by atoms with Crippen LogP contribution in [0.15, 0.2) is 38.5 Å². The minimum absolute atomic E-state index is 0.00941. The summed E-state index contributed by atoms with van der Waals surface area (Å²) in [5.41, 5.74) is 0.923. The first-order valence-corrected chi connectivity index (χ1v) is 8.27. The summed E-state index contributed by atoms with van der Waals surface area (Å²) in [6, 6.07) is 1.44. The molecule has 2 aromatic rings. The third kappa shape index (κ3) is 2.72. The zero-order valence-electron chi connectivity index (χ0n) is 12.9. The summed E-state index contributed by atoms with van der Waals surface area (Å²) in [5.74, 6) is 0. The van der Waals surface area contributed by atoms with Crippen molar-refractivity contribution >= 4 is 15.9 Å². The van der Waals surface area contributed by atoms with Gasteiger partial charge in [0.2, 0.25) is 0 Å². The number of pyridine rings is 1. The molecule has 2 atom stereocenters. The maximum Gasteiger partial charge on any atom is 0.347 e. The summed E-state index contributed by atoms with van der Waals surface area (Å²) in [6.07, 6.45) is 6.65. The molecule has 23 heavy (non-hydrogen) atoms. The van der Waals surface area contributed by atoms with Crippen molar-refractivity contribution in [2.24, 2.45) is 7.05 Å². The minimum Gasteiger partial charge on any atom is -0.305 e. The molecule has 0 aromatic carbocycles. The molecule has 1 aliphatic rings. The van der Waals surface area contributed by atoms with Gasteiger partial charge in [-0.25, -0.2) is 23.9 Å². The van der Waals surface area contributed by atoms with E-state index in [0.29, 0.717) is 0 Å². The second kappa shape index (κ2) is 6.29. The van der Waals surface area contributed by atoms with E-state index in [-0.39, 0.29) is 11.7 Å². The lowest BCUT2D eigenvalue weighted by Crippen LogP contribution is -2.32. The van der Waals surface area contributed by atoms with Gasteiger partial charge in [0.25, 0.3) is 0 Å². The van der Waals surface area contributed by atoms with Crippen molar-refractivity contribution in [1.29, 1.82) is 0 Å². The molecule has 2 N–H and O–H groups in total. The van der Waals surface area contributed by atoms with Gasteiger partial charge in [-0.15, -0.1) is 0 Å². The first-order valence-electron chi connectivity index (χ1n) is 7.48. The van der Waals surface area contributed by atoms with Crippen LogP contribution in [0.2, 0.25) is 0 Å². The molecule has 0 radical (unpaired) electrons. The summed E-state index contributed by atoms with van der Waals surface area (Å²) < 4.78 is 3.25. The highest BCUT2D eigenvalue weighted by molar-refractivity contribution is 9.10. The number of aromatic amines is 1. The van der Waals surface area contributed by atoms with Crippen molar-refractivity contribution in [1.82, 2.24) is 24.6 Å². The van der Waals surface area contributed by atoms with Crippen LogP contribution < -0.4 is 16.7 Å². The van der Waals surface area contributed by atoms with Crippen molar-refractivity contribution < 1.29 is 0 Å². The Morgan fingerprint density at radius 2 is 2.17 bits per heavy atom. The van der Waals surface area contributed by atoms with E-state index >= 15 is 0 Å². The van der Waals surface area contributed by atoms with E-state index in [0.717, 1.165) is 33.3 Å². The Labute approximate surface area is 141 Å². The Morgan fingerprint density at radius 3 is 2.83 bits per heavy atom. The molecular weight excluding hydrogens is 362 g/mol. The number of aromatic nitrogens is 4. The zero-order chi connectivity index (χ0) is 16.6. The fraction of sp³-hybridized carbons (Fsp3) is 0.400. The number of H-pyrrole nitrogens is 1. The van der Waals surface area contributed by atoms with Crippen LogP contribution in [-0.4, -0.2) is 25.9 Å². The Kier molecular flexibility index (Phi) is 4.36. The Hall–Kier alpha value is -1.93. The highest BCUT2D eigenvalue weighted by Gasteiger charge is 2.28. The topological polar surface area (TPSA) is 84.7 Å². The molecule has 0 spiro atoms. The van der Waals surface area contributed by atoms with Crippen LogP contribution in [0.3, 0.4) is 0 Å². The largest absolute Gasteiger partial charge is 0.347 e. The Bertz CT molecular complexity index is 863. The fourth-order valence-electron chi connectivity index (χ4n) is 2.75. The van der Waals surface area contributed by atoms with Gasteiger partial charge >= 0.3 is 11.4 Å². The summed E-state index contributed by atoms with van der Waals surface area (Å²) in [7, 11) is 1.45. The second-order valence-corrected chi connectivity index (χ2v) is 6.34. The van der Waals surface area contributed by atoms with Crippen LogP contribution in [0.4, 0.5) is 0 Å². The van der Waals surface area contributed by atoms with Crippen LogP contribution in [-0.2, 0) is 7.05 Å². The molecule has 2 aromatic heterocycles. The van der Waals surface area contributed by atoms with E-state index in [4.69, 9.17) is 0 Å². The lowest BCUT2D eigenvalue weighted by Gasteiger charge is -2.27. The van der Waals surface area contributed by atoms with Gasteiger partial charge in [-0.2, -0.15) is 0 Å². The van der Waals surface area contributed by atoms with E-state index in [1.54, 1.807) is 6.20 Å². The SMILES string of the molecule is CCCN[C@H]1C=C[C@@H](n2[nH]c(=O)n(C)c2=O)c2c(Br)ccnc21. The first kappa shape index (κ1) is 15.9. The van der Waals surface area contributed by atoms with E-state index in [1.165, 1.54) is 11.7 Å². The number of halogens is 1. The molecular formula is C15H18BrN5O2. The zero-order valence-corrected chi connectivity index (χ0v) is 14.5. The third-order valence-electron chi connectivity index (χ3n) is 3.95. The molecule has 2 heterocycles. The molecule has 0 saturated carbocycles. The average molecular weight is 380 g/mol. The number of nitrogens with one attached hydrogen (secondary N) is 2. The van der Waals surface area contributed by atoms with Gasteiger partial charge in [0.05, 0.1) is 11.7 Å². The van der Waals surface area contributed by atoms with E-state index in [2.05, 4.69) is 38.3 Å². The molecule has 0 saturated heterocycles. The number of fused-ring (bicyclic) bond motifs is 1. The second-order valence-electron chi connectivity index (χ2n) is 5.48. The van der Waals surface area contributed by atoms with Crippen molar-refractivity contribution in [3.05, 3.63) is 61.1 Å². The molecule has 3 rings (SSSR count). The normalized spacial score (nSPS) is 19.8. The van der Waals surface area contributed by atoms with Crippen LogP contribution in [0.1, 0.15) is 36.7 Å². The van der Waals surface area contributed by atoms with E-state index in [9.17, 15) is 9.59 Å². The lowest BCUT2D eigenvalue weighted by molar-refractivity contribution is 0.525. The summed E-state index contributed by atoms with van der Waals surface area (Å²) >= 11 is 3.55. The van der Waals surface area contributed by atoms with Gasteiger partial charge in [0.1, 0.15) is 6.04 Å². The number of allylic oxidation sites excluding steroid dienone is 1. The maximum absolute atomic E-state index is 12.3. The molecule has 0 unspecified atom stereocenters. The predicted octanol–water partition coefficient (Wildman–Crippen LogP) is 1.23. The quantitative estimate of drug-likeness (QED) is 0.782. The summed E-state index contributed by atoms with van der Waals surface area (Å²) in [5, 5.41) is 6.02. The van der Waals surface area contributed by atoms with Crippen LogP contribution in [0, 0.1) is 0 Å². The predicted molar refractivity (Wildman–Crippen MR) is 90.5 cm³/mol. The average Bonchev–Trinajstić information content (AvgIpc) is 2.80. The minimum atomic E-state index is -0.434. The van der Waals surface area contributed by atoms with E-state index in [1.807, 2.05) is 18.2 Å². The van der Waals surface area contributed by atoms with Gasteiger partial charge in [0, 0.05) is 23.3 Å². The highest BCUT2D eigenvalue weighted by Crippen LogP contribution is 2.35. The van der Waals surface area contributed by atoms with Crippen molar-refractivity contribution in [2.45, 2.75) is 25.4 Å². The standard InChI is InChI=1S/C15H18BrN5O2/c1-3-7-17-10-4-5-11(12-9(16)6-8-18-13(10)12)21-15(23)20(2)14(22)19-21/h4-6,8,10-11,17H,3,7H2,1-2H3,(H,19,22)/t10-,11+/m0/s1. The van der Waals surface area contributed by atoms with Crippen LogP contribution in [0.5, 0.6) is 0 Å². The number of hydrogen-bond acceptors (Lipinski definition) is 4. The summed E-state index contributed by atoms with van der Waals surface area (Å²) in [6.45, 7) is 2.97. The van der Waals surface area contributed by atoms with Gasteiger partial charge in [-0.1, -0.05) is 35.0 Å². The smallest absolute Gasteiger partial charge is 0.305 e. The molecule has 0 fully saturated rings. The lowest BCUT2D eigenvalue weighted by atomic mass is 9.94. The van der Waals surface area contributed by atoms with Crippen molar-refractivity contribution in [3.63, 3.8) is 0 Å². The number of nitrogens with zero attached hydrogens (tertiary/aromatic N) is 3. The van der Waals surface area contributed by atoms with E-state index < -0.39 is 11.7 Å². The van der Waals surface area contributed by atoms with Crippen LogP contribution in [0.25, 0.3) is 0 Å². The molecule has 8 heteroatoms. The van der Waals surface area contributed by atoms with Gasteiger partial charge in [-0.05, 0) is 19.0 Å². The highest BCUT2D eigenvalue weighted by atomic mass is 79.9. The molecule has 0 amide bonds. The van der Waals surface area contributed by atoms with Crippen LogP contribution >= 0.6 is 15.9 Å². The number of hydrogen-bond donors (Lipinski definition) is 2. The summed E-state index contributed by atoms with van der Waals surface area (Å²) in [4.78, 5) is 28.5. The van der Waals surface area contributed by atoms with Crippen molar-refractivity contribution in [2.75, 3.05) is 6.54 Å². The van der Waals surface area contributed by atoms with Gasteiger partial charge in [-0.3, -0.25) is 4.98 Å². The monoisotopic (exact) mass is 379 g/mol. The third-order valence-corrected chi connectivity index (χ3v) is 4.64. The first-order chi connectivity index (χ1) is 11.0. The van der Waals surface area contributed by atoms with Gasteiger partial charge < -0.3 is 5.32 Å². The van der Waals surface area contributed by atoms with Crippen molar-refractivity contribution in [3.8, 4) is 0 Å². The molecule has 1 aliphatic carbocycles. The molecule has 0 aliphatic heterocycles. The van der Waals surface area contributed by atoms with Gasteiger partial charge in [0.15, 0.2) is 0 Å².